The zero-order chi connectivity index (χ0) is 10.3. The van der Waals surface area contributed by atoms with Crippen molar-refractivity contribution in [2.75, 3.05) is 0 Å². The average molecular weight is 193 g/mol. The smallest absolute Gasteiger partial charge is 0.338 e. The van der Waals surface area contributed by atoms with Gasteiger partial charge in [-0.25, -0.2) is 9.18 Å². The topological polar surface area (TPSA) is 53.1 Å². The van der Waals surface area contributed by atoms with Crippen molar-refractivity contribution in [3.63, 3.8) is 0 Å². The maximum absolute atomic E-state index is 12.9. The van der Waals surface area contributed by atoms with Crippen molar-refractivity contribution in [2.45, 2.75) is 6.92 Å². The quantitative estimate of drug-likeness (QED) is 0.730. The van der Waals surface area contributed by atoms with Crippen LogP contribution in [0.1, 0.15) is 16.1 Å². The van der Waals surface area contributed by atoms with Gasteiger partial charge in [0.15, 0.2) is 0 Å². The summed E-state index contributed by atoms with van der Waals surface area (Å²) in [5, 5.41) is 9.31. The summed E-state index contributed by atoms with van der Waals surface area (Å²) in [6, 6.07) is 4.05. The second kappa shape index (κ2) is 2.83. The van der Waals surface area contributed by atoms with Gasteiger partial charge >= 0.3 is 5.97 Å². The van der Waals surface area contributed by atoms with E-state index in [9.17, 15) is 9.18 Å². The van der Waals surface area contributed by atoms with E-state index < -0.39 is 11.8 Å². The summed E-state index contributed by atoms with van der Waals surface area (Å²) in [4.78, 5) is 13.8. The van der Waals surface area contributed by atoms with Crippen molar-refractivity contribution >= 4 is 16.9 Å². The minimum Gasteiger partial charge on any atom is -0.478 e. The fraction of sp³-hybridized carbons (Fsp3) is 0.100. The normalized spacial score (nSPS) is 10.7. The van der Waals surface area contributed by atoms with Gasteiger partial charge in [-0.05, 0) is 25.1 Å². The number of aryl methyl sites for hydroxylation is 1. The van der Waals surface area contributed by atoms with E-state index >= 15 is 0 Å². The lowest BCUT2D eigenvalue weighted by Crippen LogP contribution is -1.97. The van der Waals surface area contributed by atoms with Crippen molar-refractivity contribution in [1.82, 2.24) is 4.98 Å². The van der Waals surface area contributed by atoms with Crippen LogP contribution in [0.3, 0.4) is 0 Å². The van der Waals surface area contributed by atoms with E-state index in [-0.39, 0.29) is 5.56 Å². The molecule has 0 atom stereocenters. The molecule has 0 aliphatic carbocycles. The van der Waals surface area contributed by atoms with Gasteiger partial charge in [0.25, 0.3) is 0 Å². The van der Waals surface area contributed by atoms with E-state index in [4.69, 9.17) is 5.11 Å². The highest BCUT2D eigenvalue weighted by Gasteiger charge is 2.14. The molecule has 2 N–H and O–H groups in total. The van der Waals surface area contributed by atoms with Crippen LogP contribution >= 0.6 is 0 Å². The molecular weight excluding hydrogens is 185 g/mol. The summed E-state index contributed by atoms with van der Waals surface area (Å²) in [6.07, 6.45) is 0. The van der Waals surface area contributed by atoms with E-state index in [1.807, 2.05) is 0 Å². The van der Waals surface area contributed by atoms with Crippen LogP contribution in [0, 0.1) is 12.7 Å². The number of fused-ring (bicyclic) bond motifs is 1. The molecule has 2 aromatic rings. The summed E-state index contributed by atoms with van der Waals surface area (Å²) < 4.78 is 12.9. The van der Waals surface area contributed by atoms with E-state index in [0.29, 0.717) is 16.6 Å². The SMILES string of the molecule is Cc1[nH]c2ccc(F)cc2c1C(=O)O. The molecule has 1 aromatic carbocycles. The highest BCUT2D eigenvalue weighted by atomic mass is 19.1. The highest BCUT2D eigenvalue weighted by Crippen LogP contribution is 2.22. The predicted molar refractivity (Wildman–Crippen MR) is 50.0 cm³/mol. The fourth-order valence-electron chi connectivity index (χ4n) is 1.57. The molecule has 0 aliphatic heterocycles. The van der Waals surface area contributed by atoms with Gasteiger partial charge in [-0.1, -0.05) is 0 Å². The van der Waals surface area contributed by atoms with Gasteiger partial charge in [-0.3, -0.25) is 0 Å². The van der Waals surface area contributed by atoms with Crippen LogP contribution in [0.5, 0.6) is 0 Å². The molecule has 72 valence electrons. The minimum absolute atomic E-state index is 0.138. The third kappa shape index (κ3) is 1.16. The summed E-state index contributed by atoms with van der Waals surface area (Å²) in [7, 11) is 0. The maximum atomic E-state index is 12.9. The zero-order valence-corrected chi connectivity index (χ0v) is 7.47. The van der Waals surface area contributed by atoms with Crippen molar-refractivity contribution in [2.24, 2.45) is 0 Å². The van der Waals surface area contributed by atoms with Crippen LogP contribution < -0.4 is 0 Å². The van der Waals surface area contributed by atoms with Crippen LogP contribution in [-0.4, -0.2) is 16.1 Å². The summed E-state index contributed by atoms with van der Waals surface area (Å²) in [6.45, 7) is 1.65. The second-order valence-electron chi connectivity index (χ2n) is 3.12. The molecule has 0 amide bonds. The molecule has 4 heteroatoms. The largest absolute Gasteiger partial charge is 0.478 e. The Bertz CT molecular complexity index is 516. The molecule has 0 aliphatic rings. The van der Waals surface area contributed by atoms with Crippen molar-refractivity contribution < 1.29 is 14.3 Å². The number of carboxylic acid groups (broad SMARTS) is 1. The third-order valence-corrected chi connectivity index (χ3v) is 2.16. The van der Waals surface area contributed by atoms with Crippen LogP contribution in [0.15, 0.2) is 18.2 Å². The first kappa shape index (κ1) is 8.74. The monoisotopic (exact) mass is 193 g/mol. The molecule has 0 saturated carbocycles. The fourth-order valence-corrected chi connectivity index (χ4v) is 1.57. The number of aromatic nitrogens is 1. The zero-order valence-electron chi connectivity index (χ0n) is 7.47. The molecule has 0 radical (unpaired) electrons. The molecule has 0 fully saturated rings. The van der Waals surface area contributed by atoms with Gasteiger partial charge in [0.05, 0.1) is 5.56 Å². The molecule has 0 bridgehead atoms. The number of aromatic amines is 1. The molecule has 0 unspecified atom stereocenters. The Balaban J connectivity index is 2.86. The highest BCUT2D eigenvalue weighted by molar-refractivity contribution is 6.04. The number of rotatable bonds is 1. The van der Waals surface area contributed by atoms with Crippen LogP contribution in [0.4, 0.5) is 4.39 Å². The standard InChI is InChI=1S/C10H8FNO2/c1-5-9(10(13)14)7-4-6(11)2-3-8(7)12-5/h2-4,12H,1H3,(H,13,14). The lowest BCUT2D eigenvalue weighted by Gasteiger charge is -1.93. The Morgan fingerprint density at radius 1 is 1.50 bits per heavy atom. The molecular formula is C10H8FNO2. The van der Waals surface area contributed by atoms with Gasteiger partial charge in [-0.2, -0.15) is 0 Å². The number of H-pyrrole nitrogens is 1. The molecule has 0 saturated heterocycles. The van der Waals surface area contributed by atoms with Gasteiger partial charge < -0.3 is 10.1 Å². The summed E-state index contributed by atoms with van der Waals surface area (Å²) in [5.74, 6) is -1.47. The molecule has 3 nitrogen and oxygen atoms in total. The van der Waals surface area contributed by atoms with Gasteiger partial charge in [-0.15, -0.1) is 0 Å². The number of benzene rings is 1. The van der Waals surface area contributed by atoms with Gasteiger partial charge in [0, 0.05) is 16.6 Å². The predicted octanol–water partition coefficient (Wildman–Crippen LogP) is 2.31. The van der Waals surface area contributed by atoms with Crippen LogP contribution in [-0.2, 0) is 0 Å². The summed E-state index contributed by atoms with van der Waals surface area (Å²) in [5.41, 5.74) is 1.32. The molecule has 1 heterocycles. The van der Waals surface area contributed by atoms with Crippen molar-refractivity contribution in [1.29, 1.82) is 0 Å². The number of nitrogens with one attached hydrogen (secondary N) is 1. The maximum Gasteiger partial charge on any atom is 0.338 e. The number of halogens is 1. The Labute approximate surface area is 79.2 Å². The Kier molecular flexibility index (Phi) is 1.77. The lowest BCUT2D eigenvalue weighted by molar-refractivity contribution is 0.0698. The van der Waals surface area contributed by atoms with Gasteiger partial charge in [0.1, 0.15) is 5.82 Å². The van der Waals surface area contributed by atoms with Gasteiger partial charge in [0.2, 0.25) is 0 Å². The minimum atomic E-state index is -1.04. The van der Waals surface area contributed by atoms with E-state index in [1.54, 1.807) is 6.92 Å². The first-order chi connectivity index (χ1) is 6.59. The van der Waals surface area contributed by atoms with Crippen molar-refractivity contribution in [3.8, 4) is 0 Å². The van der Waals surface area contributed by atoms with Crippen molar-refractivity contribution in [3.05, 3.63) is 35.3 Å². The molecule has 1 aromatic heterocycles. The Morgan fingerprint density at radius 2 is 2.21 bits per heavy atom. The summed E-state index contributed by atoms with van der Waals surface area (Å²) >= 11 is 0. The first-order valence-electron chi connectivity index (χ1n) is 4.10. The average Bonchev–Trinajstić information content (AvgIpc) is 2.40. The van der Waals surface area contributed by atoms with Crippen LogP contribution in [0.2, 0.25) is 0 Å². The van der Waals surface area contributed by atoms with E-state index in [2.05, 4.69) is 4.98 Å². The lowest BCUT2D eigenvalue weighted by atomic mass is 10.1. The van der Waals surface area contributed by atoms with Crippen LogP contribution in [0.25, 0.3) is 10.9 Å². The second-order valence-corrected chi connectivity index (χ2v) is 3.12. The third-order valence-electron chi connectivity index (χ3n) is 2.16. The van der Waals surface area contributed by atoms with E-state index in [1.165, 1.54) is 18.2 Å². The Hall–Kier alpha value is -1.84. The molecule has 2 rings (SSSR count). The Morgan fingerprint density at radius 3 is 2.86 bits per heavy atom. The van der Waals surface area contributed by atoms with E-state index in [0.717, 1.165) is 0 Å². The molecule has 14 heavy (non-hydrogen) atoms. The number of hydrogen-bond donors (Lipinski definition) is 2. The first-order valence-corrected chi connectivity index (χ1v) is 4.10. The molecule has 0 spiro atoms. The number of aromatic carboxylic acids is 1. The number of carboxylic acids is 1. The number of carbonyl (C=O) groups is 1. The number of hydrogen-bond acceptors (Lipinski definition) is 1.